The first-order valence-electron chi connectivity index (χ1n) is 8.99. The topological polar surface area (TPSA) is 38.1 Å². The lowest BCUT2D eigenvalue weighted by Gasteiger charge is -2.17. The number of carbonyl (C=O) groups excluding carboxylic acids is 1. The van der Waals surface area contributed by atoms with E-state index in [-0.39, 0.29) is 5.91 Å². The van der Waals surface area contributed by atoms with Crippen LogP contribution >= 0.6 is 0 Å². The van der Waals surface area contributed by atoms with Gasteiger partial charge in [0.2, 0.25) is 0 Å². The number of nitrogens with zero attached hydrogens (tertiary/aromatic N) is 3. The van der Waals surface area contributed by atoms with Crippen molar-refractivity contribution in [1.29, 1.82) is 0 Å². The van der Waals surface area contributed by atoms with Crippen molar-refractivity contribution in [2.45, 2.75) is 13.1 Å². The highest BCUT2D eigenvalue weighted by atomic mass is 16.2. The van der Waals surface area contributed by atoms with Crippen LogP contribution in [0.4, 0.5) is 0 Å². The summed E-state index contributed by atoms with van der Waals surface area (Å²) in [6.45, 7) is 1.25. The Kier molecular flexibility index (Phi) is 4.71. The van der Waals surface area contributed by atoms with Crippen molar-refractivity contribution < 1.29 is 4.79 Å². The number of rotatable bonds is 5. The van der Waals surface area contributed by atoms with Gasteiger partial charge in [0.25, 0.3) is 5.91 Å². The van der Waals surface area contributed by atoms with E-state index < -0.39 is 0 Å². The van der Waals surface area contributed by atoms with Gasteiger partial charge in [-0.2, -0.15) is 5.10 Å². The summed E-state index contributed by atoms with van der Waals surface area (Å²) in [5, 5.41) is 6.48. The molecule has 0 aliphatic heterocycles. The van der Waals surface area contributed by atoms with E-state index in [9.17, 15) is 4.79 Å². The Morgan fingerprint density at radius 3 is 2.52 bits per heavy atom. The first kappa shape index (κ1) is 17.0. The van der Waals surface area contributed by atoms with Gasteiger partial charge in [-0.25, -0.2) is 0 Å². The number of benzene rings is 3. The van der Waals surface area contributed by atoms with Gasteiger partial charge in [-0.1, -0.05) is 66.7 Å². The van der Waals surface area contributed by atoms with E-state index in [2.05, 4.69) is 17.2 Å². The van der Waals surface area contributed by atoms with E-state index in [0.29, 0.717) is 6.54 Å². The zero-order valence-electron chi connectivity index (χ0n) is 15.2. The molecule has 0 saturated heterocycles. The van der Waals surface area contributed by atoms with Crippen LogP contribution in [0.2, 0.25) is 0 Å². The van der Waals surface area contributed by atoms with Crippen LogP contribution in [0.25, 0.3) is 10.8 Å². The third kappa shape index (κ3) is 3.75. The van der Waals surface area contributed by atoms with Crippen molar-refractivity contribution in [3.8, 4) is 0 Å². The summed E-state index contributed by atoms with van der Waals surface area (Å²) in [7, 11) is 1.83. The van der Waals surface area contributed by atoms with Gasteiger partial charge in [-0.15, -0.1) is 0 Å². The number of fused-ring (bicyclic) bond motifs is 1. The lowest BCUT2D eigenvalue weighted by molar-refractivity contribution is 0.0787. The Hall–Kier alpha value is -3.40. The van der Waals surface area contributed by atoms with Crippen LogP contribution in [0.5, 0.6) is 0 Å². The normalized spacial score (nSPS) is 10.9. The van der Waals surface area contributed by atoms with E-state index in [4.69, 9.17) is 0 Å². The standard InChI is InChI=1S/C23H21N3O/c1-25(23(27)22-13-7-11-20-10-5-6-12-21(20)22)15-19-14-24-26(17-19)16-18-8-3-2-4-9-18/h2-14,17H,15-16H2,1H3. The van der Waals surface area contributed by atoms with Crippen LogP contribution in [0, 0.1) is 0 Å². The van der Waals surface area contributed by atoms with Crippen LogP contribution in [0.15, 0.2) is 85.2 Å². The van der Waals surface area contributed by atoms with Gasteiger partial charge in [-0.05, 0) is 22.4 Å². The Balaban J connectivity index is 1.49. The minimum Gasteiger partial charge on any atom is -0.337 e. The molecule has 1 heterocycles. The molecule has 1 aromatic heterocycles. The lowest BCUT2D eigenvalue weighted by atomic mass is 10.0. The highest BCUT2D eigenvalue weighted by Crippen LogP contribution is 2.20. The second-order valence-corrected chi connectivity index (χ2v) is 6.72. The minimum absolute atomic E-state index is 0.0163. The molecule has 0 saturated carbocycles. The molecular formula is C23H21N3O. The molecule has 0 N–H and O–H groups in total. The number of carbonyl (C=O) groups is 1. The van der Waals surface area contributed by atoms with Gasteiger partial charge < -0.3 is 4.90 Å². The van der Waals surface area contributed by atoms with E-state index in [0.717, 1.165) is 28.4 Å². The largest absolute Gasteiger partial charge is 0.337 e. The fourth-order valence-corrected chi connectivity index (χ4v) is 3.31. The average molecular weight is 355 g/mol. The van der Waals surface area contributed by atoms with Gasteiger partial charge in [0, 0.05) is 30.9 Å². The van der Waals surface area contributed by atoms with Crippen LogP contribution in [0.1, 0.15) is 21.5 Å². The summed E-state index contributed by atoms with van der Waals surface area (Å²) < 4.78 is 1.90. The molecule has 0 aliphatic rings. The molecule has 0 aliphatic carbocycles. The van der Waals surface area contributed by atoms with Gasteiger partial charge in [-0.3, -0.25) is 9.48 Å². The first-order valence-corrected chi connectivity index (χ1v) is 8.99. The fraction of sp³-hybridized carbons (Fsp3) is 0.130. The molecule has 3 aromatic carbocycles. The molecule has 0 fully saturated rings. The first-order chi connectivity index (χ1) is 13.2. The van der Waals surface area contributed by atoms with Crippen molar-refractivity contribution >= 4 is 16.7 Å². The number of hydrogen-bond donors (Lipinski definition) is 0. The molecule has 4 aromatic rings. The zero-order chi connectivity index (χ0) is 18.6. The second kappa shape index (κ2) is 7.46. The molecule has 4 rings (SSSR count). The third-order valence-corrected chi connectivity index (χ3v) is 4.66. The summed E-state index contributed by atoms with van der Waals surface area (Å²) in [6, 6.07) is 24.0. The third-order valence-electron chi connectivity index (χ3n) is 4.66. The second-order valence-electron chi connectivity index (χ2n) is 6.72. The molecule has 1 amide bonds. The SMILES string of the molecule is CN(Cc1cnn(Cc2ccccc2)c1)C(=O)c1cccc2ccccc12. The maximum atomic E-state index is 13.0. The van der Waals surface area contributed by atoms with Crippen molar-refractivity contribution in [1.82, 2.24) is 14.7 Å². The van der Waals surface area contributed by atoms with Crippen molar-refractivity contribution in [3.63, 3.8) is 0 Å². The van der Waals surface area contributed by atoms with Crippen LogP contribution in [0.3, 0.4) is 0 Å². The van der Waals surface area contributed by atoms with Gasteiger partial charge >= 0.3 is 0 Å². The Labute approximate surface area is 158 Å². The molecule has 27 heavy (non-hydrogen) atoms. The molecule has 0 radical (unpaired) electrons. The maximum Gasteiger partial charge on any atom is 0.254 e. The molecule has 0 spiro atoms. The zero-order valence-corrected chi connectivity index (χ0v) is 15.2. The fourth-order valence-electron chi connectivity index (χ4n) is 3.31. The molecule has 134 valence electrons. The average Bonchev–Trinajstić information content (AvgIpc) is 3.14. The molecule has 0 unspecified atom stereocenters. The lowest BCUT2D eigenvalue weighted by Crippen LogP contribution is -2.26. The smallest absolute Gasteiger partial charge is 0.254 e. The van der Waals surface area contributed by atoms with Crippen molar-refractivity contribution in [2.24, 2.45) is 0 Å². The number of amides is 1. The Bertz CT molecular complexity index is 1060. The predicted octanol–water partition coefficient (Wildman–Crippen LogP) is 4.36. The quantitative estimate of drug-likeness (QED) is 0.534. The number of aromatic nitrogens is 2. The monoisotopic (exact) mass is 355 g/mol. The summed E-state index contributed by atoms with van der Waals surface area (Å²) in [6.07, 6.45) is 3.83. The van der Waals surface area contributed by atoms with Crippen molar-refractivity contribution in [3.05, 3.63) is 102 Å². The number of hydrogen-bond acceptors (Lipinski definition) is 2. The summed E-state index contributed by atoms with van der Waals surface area (Å²) in [5.41, 5.74) is 2.95. The van der Waals surface area contributed by atoms with Gasteiger partial charge in [0.1, 0.15) is 0 Å². The molecule has 4 nitrogen and oxygen atoms in total. The minimum atomic E-state index is 0.0163. The van der Waals surface area contributed by atoms with Crippen LogP contribution in [-0.2, 0) is 13.1 Å². The van der Waals surface area contributed by atoms with E-state index >= 15 is 0 Å². The Morgan fingerprint density at radius 1 is 0.926 bits per heavy atom. The molecule has 0 bridgehead atoms. The molecule has 4 heteroatoms. The van der Waals surface area contributed by atoms with Gasteiger partial charge in [0.15, 0.2) is 0 Å². The van der Waals surface area contributed by atoms with E-state index in [1.54, 1.807) is 4.90 Å². The molecule has 0 atom stereocenters. The highest BCUT2D eigenvalue weighted by Gasteiger charge is 2.15. The summed E-state index contributed by atoms with van der Waals surface area (Å²) in [4.78, 5) is 14.7. The predicted molar refractivity (Wildman–Crippen MR) is 108 cm³/mol. The Morgan fingerprint density at radius 2 is 1.67 bits per heavy atom. The van der Waals surface area contributed by atoms with Crippen LogP contribution in [-0.4, -0.2) is 27.6 Å². The summed E-state index contributed by atoms with van der Waals surface area (Å²) >= 11 is 0. The van der Waals surface area contributed by atoms with E-state index in [1.165, 1.54) is 5.56 Å². The van der Waals surface area contributed by atoms with Crippen molar-refractivity contribution in [2.75, 3.05) is 7.05 Å². The maximum absolute atomic E-state index is 13.0. The summed E-state index contributed by atoms with van der Waals surface area (Å²) in [5.74, 6) is 0.0163. The van der Waals surface area contributed by atoms with Gasteiger partial charge in [0.05, 0.1) is 12.7 Å². The van der Waals surface area contributed by atoms with Crippen LogP contribution < -0.4 is 0 Å². The molecular weight excluding hydrogens is 334 g/mol. The van der Waals surface area contributed by atoms with E-state index in [1.807, 2.05) is 84.8 Å². The highest BCUT2D eigenvalue weighted by molar-refractivity contribution is 6.06.